The van der Waals surface area contributed by atoms with Crippen LogP contribution < -0.4 is 9.05 Å². The second kappa shape index (κ2) is 9.35. The van der Waals surface area contributed by atoms with Gasteiger partial charge in [-0.3, -0.25) is 0 Å². The highest BCUT2D eigenvalue weighted by molar-refractivity contribution is 9.14. The van der Waals surface area contributed by atoms with Gasteiger partial charge in [0.15, 0.2) is 0 Å². The Morgan fingerprint density at radius 1 is 0.714 bits per heavy atom. The molecule has 3 rings (SSSR count). The third-order valence-electron chi connectivity index (χ3n) is 3.66. The molecule has 3 aromatic rings. The van der Waals surface area contributed by atoms with E-state index in [9.17, 15) is 9.67 Å². The number of hydrogen-bond donors (Lipinski definition) is 1. The number of halogens is 4. The Balaban J connectivity index is 2.04. The molecule has 0 amide bonds. The topological polar surface area (TPSA) is 55.8 Å². The SMILES string of the molecule is O=P(Cc1c(Br)c(Br)c(O)c(Br)c1Br)(Oc1ccccc1)Oc1ccccc1. The van der Waals surface area contributed by atoms with Gasteiger partial charge in [-0.1, -0.05) is 36.4 Å². The zero-order valence-corrected chi connectivity index (χ0v) is 21.4. The van der Waals surface area contributed by atoms with E-state index in [-0.39, 0.29) is 11.9 Å². The number of para-hydroxylation sites is 2. The van der Waals surface area contributed by atoms with Gasteiger partial charge in [0.25, 0.3) is 0 Å². The van der Waals surface area contributed by atoms with Crippen LogP contribution in [0.5, 0.6) is 17.2 Å². The first-order valence-electron chi connectivity index (χ1n) is 7.93. The number of aromatic hydroxyl groups is 1. The van der Waals surface area contributed by atoms with Crippen LogP contribution in [-0.2, 0) is 10.7 Å². The molecule has 0 fully saturated rings. The van der Waals surface area contributed by atoms with Gasteiger partial charge in [0.1, 0.15) is 23.4 Å². The van der Waals surface area contributed by atoms with Gasteiger partial charge >= 0.3 is 7.60 Å². The van der Waals surface area contributed by atoms with Crippen molar-refractivity contribution < 1.29 is 18.7 Å². The smallest absolute Gasteiger partial charge is 0.435 e. The van der Waals surface area contributed by atoms with Gasteiger partial charge in [0.05, 0.1) is 8.95 Å². The van der Waals surface area contributed by atoms with Crippen molar-refractivity contribution in [1.82, 2.24) is 0 Å². The Morgan fingerprint density at radius 3 is 1.50 bits per heavy atom. The molecular weight excluding hydrogens is 643 g/mol. The summed E-state index contributed by atoms with van der Waals surface area (Å²) in [7, 11) is -3.68. The maximum absolute atomic E-state index is 13.8. The summed E-state index contributed by atoms with van der Waals surface area (Å²) in [6.45, 7) is 0. The second-order valence-electron chi connectivity index (χ2n) is 5.66. The van der Waals surface area contributed by atoms with E-state index < -0.39 is 7.60 Å². The van der Waals surface area contributed by atoms with Crippen LogP contribution >= 0.6 is 71.3 Å². The molecule has 9 heteroatoms. The maximum Gasteiger partial charge on any atom is 0.435 e. The molecule has 0 spiro atoms. The molecule has 0 heterocycles. The molecule has 4 nitrogen and oxygen atoms in total. The summed E-state index contributed by atoms with van der Waals surface area (Å²) in [4.78, 5) is 0. The molecule has 0 saturated heterocycles. The number of rotatable bonds is 6. The van der Waals surface area contributed by atoms with Crippen LogP contribution in [0.4, 0.5) is 0 Å². The molecule has 0 aliphatic carbocycles. The maximum atomic E-state index is 13.8. The first kappa shape index (κ1) is 21.9. The van der Waals surface area contributed by atoms with E-state index in [1.54, 1.807) is 48.5 Å². The van der Waals surface area contributed by atoms with Gasteiger partial charge < -0.3 is 14.2 Å². The van der Waals surface area contributed by atoms with Crippen molar-refractivity contribution in [3.05, 3.63) is 84.1 Å². The van der Waals surface area contributed by atoms with E-state index in [2.05, 4.69) is 63.7 Å². The molecule has 0 radical (unpaired) electrons. The zero-order chi connectivity index (χ0) is 20.3. The minimum Gasteiger partial charge on any atom is -0.505 e. The summed E-state index contributed by atoms with van der Waals surface area (Å²) < 4.78 is 27.4. The second-order valence-corrected chi connectivity index (χ2v) is 10.7. The Morgan fingerprint density at radius 2 is 1.11 bits per heavy atom. The van der Waals surface area contributed by atoms with Crippen LogP contribution in [-0.4, -0.2) is 5.11 Å². The number of hydrogen-bond acceptors (Lipinski definition) is 4. The predicted octanol–water partition coefficient (Wildman–Crippen LogP) is 8.29. The summed E-state index contributed by atoms with van der Waals surface area (Å²) >= 11 is 13.6. The van der Waals surface area contributed by atoms with Crippen LogP contribution in [0.1, 0.15) is 5.56 Å². The van der Waals surface area contributed by atoms with E-state index in [0.717, 1.165) is 0 Å². The zero-order valence-electron chi connectivity index (χ0n) is 14.1. The van der Waals surface area contributed by atoms with Gasteiger partial charge in [-0.25, -0.2) is 4.57 Å². The minimum absolute atomic E-state index is 0.0188. The third kappa shape index (κ3) is 5.03. The highest BCUT2D eigenvalue weighted by atomic mass is 79.9. The molecule has 3 aromatic carbocycles. The van der Waals surface area contributed by atoms with Crippen molar-refractivity contribution in [2.45, 2.75) is 6.16 Å². The quantitative estimate of drug-likeness (QED) is 0.215. The average molecular weight is 656 g/mol. The lowest BCUT2D eigenvalue weighted by Gasteiger charge is -2.22. The van der Waals surface area contributed by atoms with Crippen LogP contribution in [0.3, 0.4) is 0 Å². The van der Waals surface area contributed by atoms with Gasteiger partial charge in [0.2, 0.25) is 0 Å². The van der Waals surface area contributed by atoms with Gasteiger partial charge in [0, 0.05) is 8.95 Å². The van der Waals surface area contributed by atoms with E-state index >= 15 is 0 Å². The van der Waals surface area contributed by atoms with Crippen molar-refractivity contribution in [2.75, 3.05) is 0 Å². The van der Waals surface area contributed by atoms with Gasteiger partial charge in [-0.15, -0.1) is 0 Å². The molecule has 0 aromatic heterocycles. The van der Waals surface area contributed by atoms with E-state index in [1.807, 2.05) is 12.1 Å². The number of phenolic OH excluding ortho intramolecular Hbond substituents is 1. The number of phenols is 1. The molecule has 0 aliphatic heterocycles. The Kier molecular flexibility index (Phi) is 7.32. The molecule has 28 heavy (non-hydrogen) atoms. The molecule has 0 saturated carbocycles. The molecule has 0 unspecified atom stereocenters. The van der Waals surface area contributed by atoms with E-state index in [1.165, 1.54) is 0 Å². The van der Waals surface area contributed by atoms with Crippen LogP contribution in [0.15, 0.2) is 78.6 Å². The third-order valence-corrected chi connectivity index (χ3v) is 9.70. The summed E-state index contributed by atoms with van der Waals surface area (Å²) in [6.07, 6.45) is -0.0462. The van der Waals surface area contributed by atoms with Crippen LogP contribution in [0, 0.1) is 0 Å². The van der Waals surface area contributed by atoms with Crippen molar-refractivity contribution in [2.24, 2.45) is 0 Å². The predicted molar refractivity (Wildman–Crippen MR) is 124 cm³/mol. The van der Waals surface area contributed by atoms with Crippen LogP contribution in [0.2, 0.25) is 0 Å². The van der Waals surface area contributed by atoms with Crippen molar-refractivity contribution in [3.63, 3.8) is 0 Å². The molecule has 0 aliphatic rings. The van der Waals surface area contributed by atoms with Crippen molar-refractivity contribution >= 4 is 71.3 Å². The Bertz CT molecular complexity index is 955. The van der Waals surface area contributed by atoms with E-state index in [0.29, 0.717) is 35.0 Å². The first-order chi connectivity index (χ1) is 13.3. The first-order valence-corrected chi connectivity index (χ1v) is 12.8. The van der Waals surface area contributed by atoms with Crippen LogP contribution in [0.25, 0.3) is 0 Å². The van der Waals surface area contributed by atoms with Crippen molar-refractivity contribution in [1.29, 1.82) is 0 Å². The lowest BCUT2D eigenvalue weighted by atomic mass is 10.2. The molecule has 146 valence electrons. The van der Waals surface area contributed by atoms with Crippen molar-refractivity contribution in [3.8, 4) is 17.2 Å². The van der Waals surface area contributed by atoms with Gasteiger partial charge in [-0.2, -0.15) is 0 Å². The molecular formula is C19H13Br4O4P. The molecule has 1 N–H and O–H groups in total. The summed E-state index contributed by atoms with van der Waals surface area (Å²) in [6, 6.07) is 17.7. The molecule has 0 bridgehead atoms. The summed E-state index contributed by atoms with van der Waals surface area (Å²) in [5.74, 6) is 0.891. The lowest BCUT2D eigenvalue weighted by molar-refractivity contribution is 0.384. The number of benzene rings is 3. The highest BCUT2D eigenvalue weighted by Gasteiger charge is 2.33. The fourth-order valence-electron chi connectivity index (χ4n) is 2.37. The van der Waals surface area contributed by atoms with E-state index in [4.69, 9.17) is 9.05 Å². The largest absolute Gasteiger partial charge is 0.505 e. The Hall–Kier alpha value is -0.790. The fourth-order valence-corrected chi connectivity index (χ4v) is 7.01. The highest BCUT2D eigenvalue weighted by Crippen LogP contribution is 2.56. The van der Waals surface area contributed by atoms with Gasteiger partial charge in [-0.05, 0) is 93.5 Å². The summed E-state index contributed by atoms with van der Waals surface area (Å²) in [5.41, 5.74) is 0.617. The lowest BCUT2D eigenvalue weighted by Crippen LogP contribution is -2.06. The normalized spacial score (nSPS) is 11.3. The molecule has 0 atom stereocenters. The minimum atomic E-state index is -3.68. The summed E-state index contributed by atoms with van der Waals surface area (Å²) in [5, 5.41) is 10.2. The Labute approximate surface area is 196 Å². The average Bonchev–Trinajstić information content (AvgIpc) is 2.70. The fraction of sp³-hybridized carbons (Fsp3) is 0.0526. The monoisotopic (exact) mass is 652 g/mol. The standard InChI is InChI=1S/C19H13Br4O4P/c20-15-14(16(21)18(23)19(24)17(15)22)11-28(25,26-12-7-3-1-4-8-12)27-13-9-5-2-6-10-13/h1-10,24H,11H2.